The van der Waals surface area contributed by atoms with Gasteiger partial charge in [0.1, 0.15) is 18.8 Å². The first kappa shape index (κ1) is 10.3. The summed E-state index contributed by atoms with van der Waals surface area (Å²) in [5, 5.41) is 7.06. The zero-order valence-corrected chi connectivity index (χ0v) is 7.64. The molecule has 0 aromatic carbocycles. The summed E-state index contributed by atoms with van der Waals surface area (Å²) in [7, 11) is 1.40. The number of methoxy groups -OCH3 is 1. The zero-order valence-electron chi connectivity index (χ0n) is 7.64. The Morgan fingerprint density at radius 1 is 1.64 bits per heavy atom. The highest BCUT2D eigenvalue weighted by atomic mass is 16.5. The Bertz CT molecular complexity index is 346. The van der Waals surface area contributed by atoms with Crippen molar-refractivity contribution in [3.8, 4) is 0 Å². The quantitative estimate of drug-likeness (QED) is 0.586. The predicted molar refractivity (Wildman–Crippen MR) is 45.4 cm³/mol. The van der Waals surface area contributed by atoms with Crippen molar-refractivity contribution in [1.29, 1.82) is 0 Å². The van der Waals surface area contributed by atoms with Crippen LogP contribution in [0.4, 0.5) is 0 Å². The van der Waals surface area contributed by atoms with E-state index >= 15 is 0 Å². The lowest BCUT2D eigenvalue weighted by Crippen LogP contribution is -2.23. The van der Waals surface area contributed by atoms with Crippen LogP contribution in [0.25, 0.3) is 0 Å². The number of nitrogens with zero attached hydrogens (tertiary/aromatic N) is 3. The van der Waals surface area contributed by atoms with Crippen molar-refractivity contribution in [3.63, 3.8) is 0 Å². The number of carbonyl (C=O) groups is 2. The average Bonchev–Trinajstić information content (AvgIpc) is 2.51. The monoisotopic (exact) mass is 198 g/mol. The van der Waals surface area contributed by atoms with Gasteiger partial charge in [-0.15, -0.1) is 5.10 Å². The van der Waals surface area contributed by atoms with Crippen LogP contribution in [0.15, 0.2) is 6.20 Å². The minimum atomic E-state index is -0.582. The van der Waals surface area contributed by atoms with Gasteiger partial charge in [0.15, 0.2) is 0 Å². The second-order valence-corrected chi connectivity index (χ2v) is 2.60. The number of hydrogen-bond donors (Lipinski definition) is 1. The lowest BCUT2D eigenvalue weighted by molar-refractivity contribution is -0.118. The molecule has 0 bridgehead atoms. The molecule has 0 aliphatic rings. The lowest BCUT2D eigenvalue weighted by atomic mass is 10.3. The fraction of sp³-hybridized carbons (Fsp3) is 0.429. The molecule has 14 heavy (non-hydrogen) atoms. The second-order valence-electron chi connectivity index (χ2n) is 2.60. The predicted octanol–water partition coefficient (Wildman–Crippen LogP) is -1.41. The normalized spacial score (nSPS) is 10.1. The molecular weight excluding hydrogens is 188 g/mol. The van der Waals surface area contributed by atoms with E-state index in [1.54, 1.807) is 0 Å². The molecule has 0 saturated carbocycles. The van der Waals surface area contributed by atoms with Gasteiger partial charge in [-0.2, -0.15) is 0 Å². The molecule has 0 spiro atoms. The summed E-state index contributed by atoms with van der Waals surface area (Å²) in [6.45, 7) is -0.239. The van der Waals surface area contributed by atoms with E-state index in [0.717, 1.165) is 4.68 Å². The highest BCUT2D eigenvalue weighted by Crippen LogP contribution is 1.97. The Morgan fingerprint density at radius 2 is 2.36 bits per heavy atom. The molecule has 0 radical (unpaired) electrons. The smallest absolute Gasteiger partial charge is 0.239 e. The number of Topliss-reactive ketones (excluding diaryl/α,β-unsaturated/α-hetero) is 1. The van der Waals surface area contributed by atoms with Gasteiger partial charge >= 0.3 is 0 Å². The number of nitrogens with two attached hydrogens (primary N) is 1. The minimum Gasteiger partial charge on any atom is -0.376 e. The van der Waals surface area contributed by atoms with Crippen molar-refractivity contribution < 1.29 is 14.3 Å². The second kappa shape index (κ2) is 4.47. The summed E-state index contributed by atoms with van der Waals surface area (Å²) in [6.07, 6.45) is 1.27. The SMILES string of the molecule is COCC(=O)c1cnnn1CC(N)=O. The number of ketones is 1. The number of rotatable bonds is 5. The number of hydrogen-bond acceptors (Lipinski definition) is 5. The summed E-state index contributed by atoms with van der Waals surface area (Å²) in [5.74, 6) is -0.874. The van der Waals surface area contributed by atoms with Gasteiger partial charge in [-0.05, 0) is 0 Å². The first-order valence-corrected chi connectivity index (χ1v) is 3.84. The van der Waals surface area contributed by atoms with Crippen LogP contribution in [0.2, 0.25) is 0 Å². The van der Waals surface area contributed by atoms with Crippen molar-refractivity contribution in [2.75, 3.05) is 13.7 Å². The summed E-state index contributed by atoms with van der Waals surface area (Å²) in [6, 6.07) is 0. The zero-order chi connectivity index (χ0) is 10.6. The van der Waals surface area contributed by atoms with Crippen molar-refractivity contribution in [2.45, 2.75) is 6.54 Å². The molecule has 1 aromatic heterocycles. The first-order valence-electron chi connectivity index (χ1n) is 3.84. The molecule has 2 N–H and O–H groups in total. The van der Waals surface area contributed by atoms with Crippen molar-refractivity contribution >= 4 is 11.7 Å². The van der Waals surface area contributed by atoms with Crippen LogP contribution < -0.4 is 5.73 Å². The number of ether oxygens (including phenoxy) is 1. The highest BCUT2D eigenvalue weighted by Gasteiger charge is 2.13. The topological polar surface area (TPSA) is 100 Å². The van der Waals surface area contributed by atoms with Gasteiger partial charge in [0.05, 0.1) is 6.20 Å². The van der Waals surface area contributed by atoms with Crippen LogP contribution in [-0.2, 0) is 16.1 Å². The van der Waals surface area contributed by atoms with Gasteiger partial charge in [-0.25, -0.2) is 4.68 Å². The Kier molecular flexibility index (Phi) is 3.29. The molecule has 0 aliphatic heterocycles. The fourth-order valence-corrected chi connectivity index (χ4v) is 0.943. The van der Waals surface area contributed by atoms with Crippen molar-refractivity contribution in [1.82, 2.24) is 15.0 Å². The minimum absolute atomic E-state index is 0.0772. The third-order valence-electron chi connectivity index (χ3n) is 1.48. The van der Waals surface area contributed by atoms with Crippen LogP contribution in [-0.4, -0.2) is 40.4 Å². The maximum atomic E-state index is 11.3. The van der Waals surface area contributed by atoms with Gasteiger partial charge in [-0.1, -0.05) is 5.21 Å². The van der Waals surface area contributed by atoms with Crippen LogP contribution in [0.5, 0.6) is 0 Å². The molecule has 0 atom stereocenters. The van der Waals surface area contributed by atoms with E-state index in [4.69, 9.17) is 5.73 Å². The van der Waals surface area contributed by atoms with Gasteiger partial charge in [0.25, 0.3) is 0 Å². The Labute approximate surface area is 79.8 Å². The van der Waals surface area contributed by atoms with Crippen molar-refractivity contribution in [2.24, 2.45) is 5.73 Å². The van der Waals surface area contributed by atoms with E-state index in [0.29, 0.717) is 0 Å². The van der Waals surface area contributed by atoms with Crippen LogP contribution in [0, 0.1) is 0 Å². The van der Waals surface area contributed by atoms with Gasteiger partial charge in [0, 0.05) is 7.11 Å². The van der Waals surface area contributed by atoms with Crippen LogP contribution >= 0.6 is 0 Å². The van der Waals surface area contributed by atoms with E-state index in [9.17, 15) is 9.59 Å². The van der Waals surface area contributed by atoms with E-state index in [1.165, 1.54) is 13.3 Å². The molecule has 1 rings (SSSR count). The summed E-state index contributed by atoms with van der Waals surface area (Å²) < 4.78 is 5.80. The third-order valence-corrected chi connectivity index (χ3v) is 1.48. The van der Waals surface area contributed by atoms with E-state index in [-0.39, 0.29) is 24.6 Å². The number of carbonyl (C=O) groups excluding carboxylic acids is 2. The number of aromatic nitrogens is 3. The Balaban J connectivity index is 2.81. The molecule has 1 amide bonds. The van der Waals surface area contributed by atoms with Gasteiger partial charge in [0.2, 0.25) is 11.7 Å². The summed E-state index contributed by atoms with van der Waals surface area (Å²) >= 11 is 0. The summed E-state index contributed by atoms with van der Waals surface area (Å²) in [4.78, 5) is 21.9. The fourth-order valence-electron chi connectivity index (χ4n) is 0.943. The highest BCUT2D eigenvalue weighted by molar-refractivity contribution is 5.95. The first-order chi connectivity index (χ1) is 6.65. The largest absolute Gasteiger partial charge is 0.376 e. The molecule has 7 nitrogen and oxygen atoms in total. The molecule has 0 unspecified atom stereocenters. The molecule has 0 aliphatic carbocycles. The lowest BCUT2D eigenvalue weighted by Gasteiger charge is -2.01. The molecule has 7 heteroatoms. The maximum Gasteiger partial charge on any atom is 0.239 e. The molecular formula is C7H10N4O3. The van der Waals surface area contributed by atoms with Crippen LogP contribution in [0.1, 0.15) is 10.5 Å². The van der Waals surface area contributed by atoms with Crippen LogP contribution in [0.3, 0.4) is 0 Å². The Morgan fingerprint density at radius 3 is 2.93 bits per heavy atom. The number of primary amides is 1. The van der Waals surface area contributed by atoms with E-state index in [1.807, 2.05) is 0 Å². The van der Waals surface area contributed by atoms with Gasteiger partial charge in [-0.3, -0.25) is 9.59 Å². The van der Waals surface area contributed by atoms with E-state index < -0.39 is 5.91 Å². The molecule has 76 valence electrons. The molecule has 0 saturated heterocycles. The van der Waals surface area contributed by atoms with Crippen molar-refractivity contribution in [3.05, 3.63) is 11.9 Å². The Hall–Kier alpha value is -1.76. The van der Waals surface area contributed by atoms with E-state index in [2.05, 4.69) is 15.0 Å². The molecule has 1 aromatic rings. The summed E-state index contributed by atoms with van der Waals surface area (Å²) in [5.41, 5.74) is 5.17. The number of amides is 1. The molecule has 0 fully saturated rings. The standard InChI is InChI=1S/C7H10N4O3/c1-14-4-6(12)5-2-9-10-11(5)3-7(8)13/h2H,3-4H2,1H3,(H2,8,13). The third kappa shape index (κ3) is 2.36. The maximum absolute atomic E-state index is 11.3. The van der Waals surface area contributed by atoms with Gasteiger partial charge < -0.3 is 10.5 Å². The average molecular weight is 198 g/mol. The molecule has 1 heterocycles.